The minimum atomic E-state index is -3.20. The number of nitrogens with zero attached hydrogens (tertiary/aromatic N) is 1. The standard InChI is InChI=1S/C8H9NO4S.Li/c1-14(12,13)5-7-4-6(8(10)11)2-3-9-7;/h2-4H,5H2,1H3,(H,10,11);/q;+1/p-1. The normalized spacial score (nSPS) is 10.5. The van der Waals surface area contributed by atoms with Crippen LogP contribution in [-0.2, 0) is 15.6 Å². The molecule has 76 valence electrons. The Morgan fingerprint density at radius 1 is 1.53 bits per heavy atom. The van der Waals surface area contributed by atoms with Crippen LogP contribution in [0.3, 0.4) is 0 Å². The molecule has 1 rings (SSSR count). The Bertz CT molecular complexity index is 457. The van der Waals surface area contributed by atoms with Gasteiger partial charge in [-0.25, -0.2) is 8.42 Å². The zero-order chi connectivity index (χ0) is 10.8. The van der Waals surface area contributed by atoms with Gasteiger partial charge in [0.2, 0.25) is 0 Å². The second-order valence-electron chi connectivity index (χ2n) is 2.89. The maximum absolute atomic E-state index is 10.9. The first-order valence-electron chi connectivity index (χ1n) is 3.72. The number of carboxylic acid groups (broad SMARTS) is 1. The van der Waals surface area contributed by atoms with E-state index in [2.05, 4.69) is 4.98 Å². The Morgan fingerprint density at radius 2 is 2.13 bits per heavy atom. The van der Waals surface area contributed by atoms with Crippen molar-refractivity contribution in [2.75, 3.05) is 6.26 Å². The van der Waals surface area contributed by atoms with Crippen molar-refractivity contribution in [2.24, 2.45) is 0 Å². The zero-order valence-electron chi connectivity index (χ0n) is 8.43. The third kappa shape index (κ3) is 4.98. The quantitative estimate of drug-likeness (QED) is 0.485. The molecule has 0 N–H and O–H groups in total. The van der Waals surface area contributed by atoms with Gasteiger partial charge in [-0.15, -0.1) is 0 Å². The van der Waals surface area contributed by atoms with E-state index in [9.17, 15) is 18.3 Å². The molecule has 0 radical (unpaired) electrons. The number of hydrogen-bond acceptors (Lipinski definition) is 5. The number of pyridine rings is 1. The molecule has 0 spiro atoms. The van der Waals surface area contributed by atoms with Crippen molar-refractivity contribution >= 4 is 15.8 Å². The predicted octanol–water partition coefficient (Wildman–Crippen LogP) is -4.01. The number of carboxylic acids is 1. The Hall–Kier alpha value is -0.833. The summed E-state index contributed by atoms with van der Waals surface area (Å²) in [4.78, 5) is 14.2. The Morgan fingerprint density at radius 3 is 2.60 bits per heavy atom. The molecule has 0 aliphatic carbocycles. The molecule has 5 nitrogen and oxygen atoms in total. The fourth-order valence-corrected chi connectivity index (χ4v) is 1.65. The van der Waals surface area contributed by atoms with E-state index in [-0.39, 0.29) is 35.9 Å². The third-order valence-corrected chi connectivity index (χ3v) is 2.28. The summed E-state index contributed by atoms with van der Waals surface area (Å²) in [6, 6.07) is 2.44. The summed E-state index contributed by atoms with van der Waals surface area (Å²) in [5, 5.41) is 10.4. The molecule has 0 aromatic carbocycles. The summed E-state index contributed by atoms with van der Waals surface area (Å²) in [7, 11) is -3.20. The van der Waals surface area contributed by atoms with Gasteiger partial charge in [0, 0.05) is 18.0 Å². The average molecular weight is 221 g/mol. The van der Waals surface area contributed by atoms with Gasteiger partial charge in [0.15, 0.2) is 9.84 Å². The van der Waals surface area contributed by atoms with Gasteiger partial charge in [0.25, 0.3) is 0 Å². The molecule has 0 aliphatic rings. The van der Waals surface area contributed by atoms with E-state index < -0.39 is 15.8 Å². The van der Waals surface area contributed by atoms with Crippen LogP contribution in [0.15, 0.2) is 18.3 Å². The number of aromatic nitrogens is 1. The summed E-state index contributed by atoms with van der Waals surface area (Å²) in [6.07, 6.45) is 2.30. The van der Waals surface area contributed by atoms with E-state index in [1.807, 2.05) is 0 Å². The fourth-order valence-electron chi connectivity index (χ4n) is 0.953. The monoisotopic (exact) mass is 221 g/mol. The third-order valence-electron chi connectivity index (χ3n) is 1.46. The van der Waals surface area contributed by atoms with Crippen LogP contribution in [0.5, 0.6) is 0 Å². The molecule has 0 saturated carbocycles. The number of hydrogen-bond donors (Lipinski definition) is 0. The maximum Gasteiger partial charge on any atom is 1.00 e. The number of aromatic carboxylic acids is 1. The van der Waals surface area contributed by atoms with E-state index >= 15 is 0 Å². The molecule has 1 heterocycles. The van der Waals surface area contributed by atoms with Gasteiger partial charge in [-0.1, -0.05) is 0 Å². The largest absolute Gasteiger partial charge is 1.00 e. The second kappa shape index (κ2) is 5.31. The van der Waals surface area contributed by atoms with E-state index in [0.29, 0.717) is 0 Å². The van der Waals surface area contributed by atoms with Crippen LogP contribution in [0.25, 0.3) is 0 Å². The van der Waals surface area contributed by atoms with Crippen LogP contribution in [0.2, 0.25) is 0 Å². The van der Waals surface area contributed by atoms with E-state index in [1.54, 1.807) is 0 Å². The zero-order valence-corrected chi connectivity index (χ0v) is 9.24. The molecule has 15 heavy (non-hydrogen) atoms. The summed E-state index contributed by atoms with van der Waals surface area (Å²) < 4.78 is 21.8. The number of rotatable bonds is 3. The molecule has 0 unspecified atom stereocenters. The van der Waals surface area contributed by atoms with Crippen LogP contribution >= 0.6 is 0 Å². The van der Waals surface area contributed by atoms with Crippen LogP contribution in [0, 0.1) is 0 Å². The topological polar surface area (TPSA) is 87.2 Å². The van der Waals surface area contributed by atoms with Gasteiger partial charge in [-0.2, -0.15) is 0 Å². The van der Waals surface area contributed by atoms with Gasteiger partial charge < -0.3 is 9.90 Å². The van der Waals surface area contributed by atoms with Gasteiger partial charge in [0.1, 0.15) is 0 Å². The van der Waals surface area contributed by atoms with Gasteiger partial charge in [0.05, 0.1) is 17.4 Å². The van der Waals surface area contributed by atoms with Gasteiger partial charge in [-0.05, 0) is 12.1 Å². The molecule has 0 amide bonds. The van der Waals surface area contributed by atoms with Crippen LogP contribution in [0.1, 0.15) is 16.1 Å². The molecule has 0 aliphatic heterocycles. The molecule has 7 heteroatoms. The van der Waals surface area contributed by atoms with Crippen LogP contribution < -0.4 is 24.0 Å². The minimum absolute atomic E-state index is 0. The Balaban J connectivity index is 0.00000196. The first-order chi connectivity index (χ1) is 6.38. The van der Waals surface area contributed by atoms with Crippen molar-refractivity contribution < 1.29 is 37.2 Å². The smallest absolute Gasteiger partial charge is 0.545 e. The minimum Gasteiger partial charge on any atom is -0.545 e. The summed E-state index contributed by atoms with van der Waals surface area (Å²) in [5.41, 5.74) is 0.132. The predicted molar refractivity (Wildman–Crippen MR) is 47.1 cm³/mol. The average Bonchev–Trinajstić information content (AvgIpc) is 2.01. The van der Waals surface area contributed by atoms with Crippen molar-refractivity contribution in [3.63, 3.8) is 0 Å². The molecule has 0 fully saturated rings. The van der Waals surface area contributed by atoms with Crippen LogP contribution in [0.4, 0.5) is 0 Å². The van der Waals surface area contributed by atoms with Gasteiger partial charge >= 0.3 is 18.9 Å². The number of sulfone groups is 1. The second-order valence-corrected chi connectivity index (χ2v) is 5.03. The van der Waals surface area contributed by atoms with E-state index in [4.69, 9.17) is 0 Å². The van der Waals surface area contributed by atoms with Gasteiger partial charge in [-0.3, -0.25) is 4.98 Å². The van der Waals surface area contributed by atoms with Crippen LogP contribution in [-0.4, -0.2) is 25.6 Å². The summed E-state index contributed by atoms with van der Waals surface area (Å²) in [6.45, 7) is 0. The molecule has 0 atom stereocenters. The molecule has 0 bridgehead atoms. The van der Waals surface area contributed by atoms with Crippen molar-refractivity contribution in [2.45, 2.75) is 5.75 Å². The van der Waals surface area contributed by atoms with Crippen molar-refractivity contribution in [3.8, 4) is 0 Å². The molecule has 1 aromatic rings. The SMILES string of the molecule is CS(=O)(=O)Cc1cc(C(=O)[O-])ccn1.[Li+]. The fraction of sp³-hybridized carbons (Fsp3) is 0.250. The first-order valence-corrected chi connectivity index (χ1v) is 5.78. The summed E-state index contributed by atoms with van der Waals surface area (Å²) in [5.74, 6) is -1.61. The van der Waals surface area contributed by atoms with E-state index in [0.717, 1.165) is 6.26 Å². The first kappa shape index (κ1) is 14.2. The molecule has 0 saturated heterocycles. The molecular formula is C8H8LiNO4S. The molecule has 1 aromatic heterocycles. The summed E-state index contributed by atoms with van der Waals surface area (Å²) >= 11 is 0. The number of carbonyl (C=O) groups excluding carboxylic acids is 1. The van der Waals surface area contributed by atoms with Crippen molar-refractivity contribution in [3.05, 3.63) is 29.6 Å². The van der Waals surface area contributed by atoms with Crippen molar-refractivity contribution in [1.82, 2.24) is 4.98 Å². The van der Waals surface area contributed by atoms with Crippen molar-refractivity contribution in [1.29, 1.82) is 0 Å². The maximum atomic E-state index is 10.9. The Labute approximate surface area is 99.6 Å². The Kier molecular flexibility index (Phi) is 5.01. The number of carbonyl (C=O) groups is 1. The van der Waals surface area contributed by atoms with E-state index in [1.165, 1.54) is 18.3 Å². The molecular weight excluding hydrogens is 213 g/mol.